The van der Waals surface area contributed by atoms with Gasteiger partial charge in [-0.05, 0) is 44.1 Å². The Morgan fingerprint density at radius 1 is 1.44 bits per heavy atom. The van der Waals surface area contributed by atoms with Crippen LogP contribution in [-0.2, 0) is 0 Å². The maximum absolute atomic E-state index is 12.1. The Bertz CT molecular complexity index is 428. The lowest BCUT2D eigenvalue weighted by Gasteiger charge is -2.23. The van der Waals surface area contributed by atoms with Crippen molar-refractivity contribution in [2.45, 2.75) is 18.9 Å². The minimum absolute atomic E-state index is 0.0257. The molecule has 0 aromatic heterocycles. The first-order valence-corrected chi connectivity index (χ1v) is 6.09. The van der Waals surface area contributed by atoms with Gasteiger partial charge in [-0.25, -0.2) is 0 Å². The van der Waals surface area contributed by atoms with Gasteiger partial charge in [0.2, 0.25) is 0 Å². The molecular formula is C13H18N2O3. The predicted octanol–water partition coefficient (Wildman–Crippen LogP) is 0.883. The average molecular weight is 250 g/mol. The molecule has 0 spiro atoms. The Kier molecular flexibility index (Phi) is 4.04. The highest BCUT2D eigenvalue weighted by Gasteiger charge is 2.18. The SMILES string of the molecule is COc1ccc(O)c(C(=O)NC2CCNCC2)c1. The first-order valence-electron chi connectivity index (χ1n) is 6.09. The fourth-order valence-electron chi connectivity index (χ4n) is 2.05. The smallest absolute Gasteiger partial charge is 0.255 e. The van der Waals surface area contributed by atoms with Gasteiger partial charge in [0.1, 0.15) is 11.5 Å². The van der Waals surface area contributed by atoms with Gasteiger partial charge in [0.25, 0.3) is 5.91 Å². The first-order chi connectivity index (χ1) is 8.70. The predicted molar refractivity (Wildman–Crippen MR) is 68.0 cm³/mol. The van der Waals surface area contributed by atoms with Crippen molar-refractivity contribution in [3.8, 4) is 11.5 Å². The molecule has 0 atom stereocenters. The number of hydrogen-bond donors (Lipinski definition) is 3. The molecule has 1 fully saturated rings. The van der Waals surface area contributed by atoms with Crippen LogP contribution in [0.25, 0.3) is 0 Å². The lowest BCUT2D eigenvalue weighted by molar-refractivity contribution is 0.0926. The second-order valence-electron chi connectivity index (χ2n) is 4.38. The average Bonchev–Trinajstić information content (AvgIpc) is 2.40. The number of nitrogens with one attached hydrogen (secondary N) is 2. The third-order valence-electron chi connectivity index (χ3n) is 3.12. The summed E-state index contributed by atoms with van der Waals surface area (Å²) in [4.78, 5) is 12.1. The van der Waals surface area contributed by atoms with Crippen LogP contribution in [0.5, 0.6) is 11.5 Å². The van der Waals surface area contributed by atoms with E-state index in [-0.39, 0.29) is 23.3 Å². The Hall–Kier alpha value is -1.75. The van der Waals surface area contributed by atoms with Crippen LogP contribution in [0.4, 0.5) is 0 Å². The van der Waals surface area contributed by atoms with Crippen LogP contribution in [-0.4, -0.2) is 37.3 Å². The number of methoxy groups -OCH3 is 1. The van der Waals surface area contributed by atoms with E-state index < -0.39 is 0 Å². The Balaban J connectivity index is 2.07. The largest absolute Gasteiger partial charge is 0.507 e. The molecule has 18 heavy (non-hydrogen) atoms. The topological polar surface area (TPSA) is 70.6 Å². The third-order valence-corrected chi connectivity index (χ3v) is 3.12. The molecule has 1 heterocycles. The highest BCUT2D eigenvalue weighted by Crippen LogP contribution is 2.23. The highest BCUT2D eigenvalue weighted by atomic mass is 16.5. The molecule has 1 aromatic carbocycles. The lowest BCUT2D eigenvalue weighted by atomic mass is 10.1. The van der Waals surface area contributed by atoms with Crippen LogP contribution < -0.4 is 15.4 Å². The van der Waals surface area contributed by atoms with E-state index in [1.807, 2.05) is 0 Å². The summed E-state index contributed by atoms with van der Waals surface area (Å²) in [7, 11) is 1.53. The van der Waals surface area contributed by atoms with E-state index in [1.54, 1.807) is 12.1 Å². The van der Waals surface area contributed by atoms with E-state index in [9.17, 15) is 9.90 Å². The monoisotopic (exact) mass is 250 g/mol. The Morgan fingerprint density at radius 2 is 2.17 bits per heavy atom. The summed E-state index contributed by atoms with van der Waals surface area (Å²) in [6.07, 6.45) is 1.83. The molecule has 1 aliphatic heterocycles. The number of piperidine rings is 1. The van der Waals surface area contributed by atoms with Crippen LogP contribution in [0.3, 0.4) is 0 Å². The molecule has 5 nitrogen and oxygen atoms in total. The zero-order valence-electron chi connectivity index (χ0n) is 10.4. The number of phenolic OH excluding ortho intramolecular Hbond substituents is 1. The van der Waals surface area contributed by atoms with Gasteiger partial charge in [-0.3, -0.25) is 4.79 Å². The minimum Gasteiger partial charge on any atom is -0.507 e. The van der Waals surface area contributed by atoms with Crippen LogP contribution in [0.1, 0.15) is 23.2 Å². The second kappa shape index (κ2) is 5.73. The zero-order valence-corrected chi connectivity index (χ0v) is 10.4. The molecule has 1 amide bonds. The third kappa shape index (κ3) is 2.92. The molecule has 98 valence electrons. The van der Waals surface area contributed by atoms with Gasteiger partial charge in [0.05, 0.1) is 12.7 Å². The molecule has 1 aromatic rings. The first kappa shape index (κ1) is 12.7. The van der Waals surface area contributed by atoms with Crippen molar-refractivity contribution in [2.75, 3.05) is 20.2 Å². The number of aromatic hydroxyl groups is 1. The van der Waals surface area contributed by atoms with Crippen molar-refractivity contribution in [1.29, 1.82) is 0 Å². The maximum Gasteiger partial charge on any atom is 0.255 e. The molecule has 0 radical (unpaired) electrons. The highest BCUT2D eigenvalue weighted by molar-refractivity contribution is 5.97. The molecule has 2 rings (SSSR count). The molecular weight excluding hydrogens is 232 g/mol. The molecule has 5 heteroatoms. The number of phenols is 1. The molecule has 3 N–H and O–H groups in total. The van der Waals surface area contributed by atoms with Gasteiger partial charge in [-0.15, -0.1) is 0 Å². The van der Waals surface area contributed by atoms with Crippen molar-refractivity contribution in [3.05, 3.63) is 23.8 Å². The molecule has 1 saturated heterocycles. The minimum atomic E-state index is -0.252. The summed E-state index contributed by atoms with van der Waals surface area (Å²) in [5.74, 6) is 0.281. The number of carbonyl (C=O) groups excluding carboxylic acids is 1. The quantitative estimate of drug-likeness (QED) is 0.745. The lowest BCUT2D eigenvalue weighted by Crippen LogP contribution is -2.42. The van der Waals surface area contributed by atoms with Gasteiger partial charge in [0.15, 0.2) is 0 Å². The van der Waals surface area contributed by atoms with E-state index >= 15 is 0 Å². The van der Waals surface area contributed by atoms with Crippen molar-refractivity contribution >= 4 is 5.91 Å². The fourth-order valence-corrected chi connectivity index (χ4v) is 2.05. The van der Waals surface area contributed by atoms with Crippen molar-refractivity contribution in [1.82, 2.24) is 10.6 Å². The summed E-state index contributed by atoms with van der Waals surface area (Å²) in [5.41, 5.74) is 0.257. The van der Waals surface area contributed by atoms with E-state index in [1.165, 1.54) is 13.2 Å². The standard InChI is InChI=1S/C13H18N2O3/c1-18-10-2-3-12(16)11(8-10)13(17)15-9-4-6-14-7-5-9/h2-3,8-9,14,16H,4-7H2,1H3,(H,15,17). The number of carbonyl (C=O) groups is 1. The van der Waals surface area contributed by atoms with Crippen molar-refractivity contribution in [2.24, 2.45) is 0 Å². The van der Waals surface area contributed by atoms with Gasteiger partial charge >= 0.3 is 0 Å². The van der Waals surface area contributed by atoms with E-state index in [0.29, 0.717) is 5.75 Å². The molecule has 0 aliphatic carbocycles. The second-order valence-corrected chi connectivity index (χ2v) is 4.38. The van der Waals surface area contributed by atoms with E-state index in [4.69, 9.17) is 4.74 Å². The van der Waals surface area contributed by atoms with Gasteiger partial charge in [-0.2, -0.15) is 0 Å². The zero-order chi connectivity index (χ0) is 13.0. The van der Waals surface area contributed by atoms with Crippen LogP contribution in [0, 0.1) is 0 Å². The number of hydrogen-bond acceptors (Lipinski definition) is 4. The molecule has 0 unspecified atom stereocenters. The summed E-state index contributed by atoms with van der Waals surface area (Å²) in [5, 5.41) is 15.9. The summed E-state index contributed by atoms with van der Waals surface area (Å²) in [6.45, 7) is 1.82. The van der Waals surface area contributed by atoms with Crippen molar-refractivity contribution < 1.29 is 14.6 Å². The van der Waals surface area contributed by atoms with Gasteiger partial charge in [0, 0.05) is 6.04 Å². The summed E-state index contributed by atoms with van der Waals surface area (Å²) >= 11 is 0. The maximum atomic E-state index is 12.1. The van der Waals surface area contributed by atoms with E-state index in [0.717, 1.165) is 25.9 Å². The summed E-state index contributed by atoms with van der Waals surface area (Å²) < 4.78 is 5.05. The number of amides is 1. The summed E-state index contributed by atoms with van der Waals surface area (Å²) in [6, 6.07) is 4.81. The number of rotatable bonds is 3. The van der Waals surface area contributed by atoms with Crippen LogP contribution >= 0.6 is 0 Å². The number of ether oxygens (including phenoxy) is 1. The Morgan fingerprint density at radius 3 is 2.83 bits per heavy atom. The molecule has 0 bridgehead atoms. The van der Waals surface area contributed by atoms with Crippen molar-refractivity contribution in [3.63, 3.8) is 0 Å². The fraction of sp³-hybridized carbons (Fsp3) is 0.462. The van der Waals surface area contributed by atoms with E-state index in [2.05, 4.69) is 10.6 Å². The normalized spacial score (nSPS) is 16.3. The number of benzene rings is 1. The Labute approximate surface area is 106 Å². The van der Waals surface area contributed by atoms with Gasteiger partial charge < -0.3 is 20.5 Å². The molecule has 0 saturated carbocycles. The van der Waals surface area contributed by atoms with Crippen LogP contribution in [0.2, 0.25) is 0 Å². The van der Waals surface area contributed by atoms with Crippen LogP contribution in [0.15, 0.2) is 18.2 Å². The molecule has 1 aliphatic rings. The van der Waals surface area contributed by atoms with Gasteiger partial charge in [-0.1, -0.05) is 0 Å².